The Kier molecular flexibility index (Phi) is 11.3. The van der Waals surface area contributed by atoms with Crippen LogP contribution in [0.25, 0.3) is 0 Å². The molecule has 6 nitrogen and oxygen atoms in total. The Morgan fingerprint density at radius 3 is 2.66 bits per heavy atom. The van der Waals surface area contributed by atoms with Crippen molar-refractivity contribution in [3.05, 3.63) is 28.8 Å². The van der Waals surface area contributed by atoms with Gasteiger partial charge in [0.1, 0.15) is 0 Å². The number of halogens is 3. The topological polar surface area (TPSA) is 84.7 Å². The smallest absolute Gasteiger partial charge is 0.147 e. The summed E-state index contributed by atoms with van der Waals surface area (Å²) >= 11 is 5.49. The predicted octanol–water partition coefficient (Wildman–Crippen LogP) is 1.93. The molecule has 0 radical (unpaired) electrons. The van der Waals surface area contributed by atoms with Crippen molar-refractivity contribution in [2.45, 2.75) is 43.0 Å². The molecule has 2 fully saturated rings. The summed E-state index contributed by atoms with van der Waals surface area (Å²) in [6, 6.07) is 5.61. The summed E-state index contributed by atoms with van der Waals surface area (Å²) in [6.45, 7) is 4.28. The first-order chi connectivity index (χ1) is 13.0. The van der Waals surface area contributed by atoms with Gasteiger partial charge in [0.2, 0.25) is 0 Å². The normalized spacial score (nSPS) is 22.2. The number of carbonyl (C=O) groups excluding carboxylic acids is 2. The third kappa shape index (κ3) is 7.30. The molecule has 2 unspecified atom stereocenters. The number of rotatable bonds is 6. The number of aryl methyl sites for hydroxylation is 1. The van der Waals surface area contributed by atoms with Crippen LogP contribution in [0, 0.1) is 6.92 Å². The molecule has 29 heavy (non-hydrogen) atoms. The van der Waals surface area contributed by atoms with Crippen molar-refractivity contribution in [2.75, 3.05) is 26.2 Å². The molecule has 2 aliphatic heterocycles. The molecule has 3 rings (SSSR count). The van der Waals surface area contributed by atoms with E-state index in [0.29, 0.717) is 22.8 Å². The molecule has 0 aromatic heterocycles. The van der Waals surface area contributed by atoms with Crippen LogP contribution in [0.2, 0.25) is 9.73 Å². The van der Waals surface area contributed by atoms with Gasteiger partial charge in [-0.25, -0.2) is 0 Å². The molecule has 1 aromatic rings. The van der Waals surface area contributed by atoms with E-state index in [9.17, 15) is 9.59 Å². The number of nitrogens with one attached hydrogen (secondary N) is 1. The van der Waals surface area contributed by atoms with Crippen LogP contribution in [0.3, 0.4) is 0 Å². The fourth-order valence-electron chi connectivity index (χ4n) is 3.62. The minimum atomic E-state index is -0.727. The summed E-state index contributed by atoms with van der Waals surface area (Å²) in [6.07, 6.45) is 2.43. The summed E-state index contributed by atoms with van der Waals surface area (Å²) < 4.78 is 6.58. The predicted molar refractivity (Wildman–Crippen MR) is 122 cm³/mol. The third-order valence-electron chi connectivity index (χ3n) is 5.11. The van der Waals surface area contributed by atoms with Crippen LogP contribution in [-0.2, 0) is 9.59 Å². The zero-order valence-electron chi connectivity index (χ0n) is 16.4. The number of ether oxygens (including phenoxy) is 1. The van der Waals surface area contributed by atoms with Crippen LogP contribution >= 0.6 is 36.4 Å². The zero-order valence-corrected chi connectivity index (χ0v) is 20.8. The number of nitrogens with zero attached hydrogens (tertiary/aromatic N) is 1. The molecule has 0 spiro atoms. The maximum atomic E-state index is 12.8. The van der Waals surface area contributed by atoms with Crippen molar-refractivity contribution in [1.29, 1.82) is 0 Å². The van der Waals surface area contributed by atoms with E-state index in [1.807, 2.05) is 30.0 Å². The largest absolute Gasteiger partial charge is 0.147 e. The zero-order chi connectivity index (χ0) is 19.4. The van der Waals surface area contributed by atoms with E-state index in [2.05, 4.69) is 5.32 Å². The number of carbonyl (C=O) groups is 2. The summed E-state index contributed by atoms with van der Waals surface area (Å²) in [4.78, 5) is 26.3. The molecule has 3 N–H and O–H groups in total. The van der Waals surface area contributed by atoms with Gasteiger partial charge in [0.15, 0.2) is 0 Å². The number of piperidine rings is 1. The second-order valence-corrected chi connectivity index (χ2v) is 11.1. The molecular weight excluding hydrogens is 500 g/mol. The van der Waals surface area contributed by atoms with Gasteiger partial charge in [-0.05, 0) is 6.92 Å². The molecule has 164 valence electrons. The number of amides is 1. The van der Waals surface area contributed by atoms with E-state index >= 15 is 0 Å². The number of likely N-dealkylation sites (tertiary alicyclic amines) is 1. The van der Waals surface area contributed by atoms with Gasteiger partial charge >= 0.3 is 159 Å². The van der Waals surface area contributed by atoms with Crippen molar-refractivity contribution in [2.24, 2.45) is 5.73 Å². The van der Waals surface area contributed by atoms with Gasteiger partial charge in [-0.15, -0.1) is 24.8 Å². The first-order valence-electron chi connectivity index (χ1n) is 9.40. The molecule has 2 saturated heterocycles. The van der Waals surface area contributed by atoms with Crippen LogP contribution in [0.1, 0.15) is 24.8 Å². The Bertz CT molecular complexity index is 703. The fraction of sp³-hybridized carbons (Fsp3) is 0.579. The van der Waals surface area contributed by atoms with Crippen LogP contribution in [0.15, 0.2) is 18.2 Å². The Morgan fingerprint density at radius 1 is 1.31 bits per heavy atom. The standard InChI is InChI=1S/C19H27AsClN3O3.2ClH/c1-12-2-3-15(21)17(8-12)27-14-4-6-24(7-5-14)19(26)16-9-13(11-23-16)20-18(25)10-22;;/h2-3,8,13-14,16,20,23H,4-7,9-11,22H2,1H3;2*1H/t13?,16-;;/m0../s1. The van der Waals surface area contributed by atoms with E-state index in [-0.39, 0.29) is 54.0 Å². The quantitative estimate of drug-likeness (QED) is 0.552. The van der Waals surface area contributed by atoms with Crippen LogP contribution in [0.5, 0.6) is 5.75 Å². The Balaban J connectivity index is 0.00000210. The summed E-state index contributed by atoms with van der Waals surface area (Å²) in [5, 5.41) is 3.92. The van der Waals surface area contributed by atoms with Gasteiger partial charge in [-0.3, -0.25) is 0 Å². The molecule has 2 heterocycles. The number of benzene rings is 1. The van der Waals surface area contributed by atoms with Gasteiger partial charge in [-0.1, -0.05) is 6.07 Å². The van der Waals surface area contributed by atoms with E-state index in [4.69, 9.17) is 22.1 Å². The number of hydrogen-bond acceptors (Lipinski definition) is 5. The second kappa shape index (κ2) is 12.4. The third-order valence-corrected chi connectivity index (χ3v) is 8.31. The van der Waals surface area contributed by atoms with Crippen LogP contribution < -0.4 is 15.8 Å². The average Bonchev–Trinajstić information content (AvgIpc) is 3.13. The van der Waals surface area contributed by atoms with Crippen LogP contribution in [0.4, 0.5) is 0 Å². The maximum absolute atomic E-state index is 12.8. The molecule has 0 aliphatic carbocycles. The SMILES string of the molecule is Cc1ccc(Cl)c(OC2CCN(C(=O)[C@@H]3CC([AsH]C(=O)CN)CN3)CC2)c1.Cl.Cl. The summed E-state index contributed by atoms with van der Waals surface area (Å²) in [5.74, 6) is 0.868. The van der Waals surface area contributed by atoms with Gasteiger partial charge in [-0.2, -0.15) is 0 Å². The van der Waals surface area contributed by atoms with Crippen LogP contribution in [-0.4, -0.2) is 69.5 Å². The van der Waals surface area contributed by atoms with Gasteiger partial charge in [0.05, 0.1) is 0 Å². The van der Waals surface area contributed by atoms with Gasteiger partial charge in [0, 0.05) is 0 Å². The van der Waals surface area contributed by atoms with Crippen molar-refractivity contribution in [1.82, 2.24) is 10.2 Å². The fourth-order valence-corrected chi connectivity index (χ4v) is 6.18. The van der Waals surface area contributed by atoms with E-state index in [0.717, 1.165) is 37.1 Å². The molecule has 1 aromatic carbocycles. The van der Waals surface area contributed by atoms with Crippen molar-refractivity contribution >= 4 is 62.6 Å². The first-order valence-corrected chi connectivity index (χ1v) is 12.0. The molecule has 0 bridgehead atoms. The number of hydrogen-bond donors (Lipinski definition) is 2. The maximum Gasteiger partial charge on any atom is -0.147 e. The first kappa shape index (κ1) is 26.5. The monoisotopic (exact) mass is 527 g/mol. The van der Waals surface area contributed by atoms with Crippen molar-refractivity contribution in [3.63, 3.8) is 0 Å². The van der Waals surface area contributed by atoms with Crippen molar-refractivity contribution < 1.29 is 14.3 Å². The van der Waals surface area contributed by atoms with Gasteiger partial charge < -0.3 is 0 Å². The Morgan fingerprint density at radius 2 is 2.00 bits per heavy atom. The number of nitrogens with two attached hydrogens (primary N) is 1. The van der Waals surface area contributed by atoms with E-state index < -0.39 is 15.8 Å². The van der Waals surface area contributed by atoms with Gasteiger partial charge in [0.25, 0.3) is 0 Å². The molecule has 3 atom stereocenters. The molecule has 1 amide bonds. The Hall–Kier alpha value is -0.492. The van der Waals surface area contributed by atoms with E-state index in [1.54, 1.807) is 0 Å². The van der Waals surface area contributed by atoms with Crippen molar-refractivity contribution in [3.8, 4) is 5.75 Å². The average molecular weight is 529 g/mol. The molecule has 10 heteroatoms. The molecular formula is C19H29AsCl3N3O3. The Labute approximate surface area is 196 Å². The molecule has 2 aliphatic rings. The minimum absolute atomic E-state index is 0. The summed E-state index contributed by atoms with van der Waals surface area (Å²) in [7, 11) is 0. The van der Waals surface area contributed by atoms with E-state index in [1.165, 1.54) is 0 Å². The summed E-state index contributed by atoms with van der Waals surface area (Å²) in [5.41, 5.74) is 6.52. The minimum Gasteiger partial charge on any atom is -0.147 e. The second-order valence-electron chi connectivity index (χ2n) is 7.24. The molecule has 0 saturated carbocycles.